The van der Waals surface area contributed by atoms with Crippen molar-refractivity contribution >= 4 is 39.5 Å². The second-order valence-electron chi connectivity index (χ2n) is 25.6. The molecule has 5 atom stereocenters. The molecule has 19 heteroatoms. The third-order valence-electron chi connectivity index (χ3n) is 16.4. The molecule has 0 aliphatic carbocycles. The Hall–Kier alpha value is -2.46. The zero-order valence-electron chi connectivity index (χ0n) is 59.0. The van der Waals surface area contributed by atoms with Gasteiger partial charge in [0, 0.05) is 25.7 Å². The zero-order chi connectivity index (χ0) is 67.5. The maximum Gasteiger partial charge on any atom is 0.472 e. The summed E-state index contributed by atoms with van der Waals surface area (Å²) in [6.07, 6.45) is 58.9. The molecule has 0 heterocycles. The minimum absolute atomic E-state index is 0.0909. The summed E-state index contributed by atoms with van der Waals surface area (Å²) in [5, 5.41) is 10.6. The van der Waals surface area contributed by atoms with Gasteiger partial charge < -0.3 is 33.8 Å². The van der Waals surface area contributed by atoms with E-state index in [1.807, 2.05) is 0 Å². The summed E-state index contributed by atoms with van der Waals surface area (Å²) in [7, 11) is -9.91. The van der Waals surface area contributed by atoms with Gasteiger partial charge in [-0.25, -0.2) is 9.13 Å². The van der Waals surface area contributed by atoms with Gasteiger partial charge in [-0.15, -0.1) is 0 Å². The van der Waals surface area contributed by atoms with E-state index in [4.69, 9.17) is 37.0 Å². The van der Waals surface area contributed by atoms with Crippen molar-refractivity contribution < 1.29 is 80.2 Å². The third-order valence-corrected chi connectivity index (χ3v) is 18.3. The lowest BCUT2D eigenvalue weighted by Crippen LogP contribution is -2.30. The lowest BCUT2D eigenvalue weighted by atomic mass is 10.1. The molecule has 0 aromatic carbocycles. The van der Waals surface area contributed by atoms with Crippen molar-refractivity contribution in [3.8, 4) is 0 Å². The molecule has 0 spiro atoms. The van der Waals surface area contributed by atoms with E-state index in [1.165, 1.54) is 161 Å². The number of aliphatic hydroxyl groups is 1. The summed E-state index contributed by atoms with van der Waals surface area (Å²) in [4.78, 5) is 72.6. The average Bonchev–Trinajstić information content (AvgIpc) is 2.93. The molecule has 0 aromatic rings. The number of ether oxygens (including phenoxy) is 4. The summed E-state index contributed by atoms with van der Waals surface area (Å²) >= 11 is 0. The van der Waals surface area contributed by atoms with Crippen molar-refractivity contribution in [3.05, 3.63) is 24.3 Å². The molecule has 542 valence electrons. The Morgan fingerprint density at radius 1 is 0.293 bits per heavy atom. The van der Waals surface area contributed by atoms with Crippen LogP contribution in [0.3, 0.4) is 0 Å². The summed E-state index contributed by atoms with van der Waals surface area (Å²) in [6, 6.07) is 0. The number of hydrogen-bond donors (Lipinski definition) is 3. The van der Waals surface area contributed by atoms with Crippen LogP contribution in [-0.2, 0) is 65.4 Å². The van der Waals surface area contributed by atoms with Gasteiger partial charge in [-0.3, -0.25) is 37.3 Å². The highest BCUT2D eigenvalue weighted by molar-refractivity contribution is 7.47. The largest absolute Gasteiger partial charge is 0.472 e. The lowest BCUT2D eigenvalue weighted by Gasteiger charge is -2.21. The van der Waals surface area contributed by atoms with Gasteiger partial charge in [-0.2, -0.15) is 0 Å². The maximum absolute atomic E-state index is 13.0. The smallest absolute Gasteiger partial charge is 0.462 e. The van der Waals surface area contributed by atoms with Crippen LogP contribution in [0.15, 0.2) is 24.3 Å². The quantitative estimate of drug-likeness (QED) is 0.0169. The average molecular weight is 1350 g/mol. The van der Waals surface area contributed by atoms with E-state index in [-0.39, 0.29) is 25.7 Å². The number of rotatable bonds is 72. The highest BCUT2D eigenvalue weighted by atomic mass is 31.2. The molecule has 0 aliphatic heterocycles. The van der Waals surface area contributed by atoms with Crippen molar-refractivity contribution in [2.45, 2.75) is 380 Å². The van der Waals surface area contributed by atoms with E-state index in [0.717, 1.165) is 122 Å². The number of carbonyl (C=O) groups excluding carboxylic acids is 4. The summed E-state index contributed by atoms with van der Waals surface area (Å²) in [6.45, 7) is 4.90. The minimum atomic E-state index is -4.96. The fourth-order valence-electron chi connectivity index (χ4n) is 10.6. The standard InChI is InChI=1S/C73H138O17P2/c1-5-9-13-17-21-25-29-31-33-35-39-42-46-50-54-58-71(76)84-64-69(90-73(78)60-56-52-48-44-40-36-34-32-30-26-22-18-14-10-6-2)66-88-92(81,82)86-62-67(74)61-85-91(79,80)87-65-68(89-72(77)59-55-51-47-43-38-28-24-20-16-12-8-4)63-83-70(75)57-53-49-45-41-37-27-23-19-15-11-7-3/h31-34,67-69,74H,5-30,35-66H2,1-4H3,(H,79,80)(H,81,82)/b33-31-,34-32-. The first kappa shape index (κ1) is 89.5. The maximum atomic E-state index is 13.0. The van der Waals surface area contributed by atoms with Crippen molar-refractivity contribution in [2.75, 3.05) is 39.6 Å². The molecule has 0 amide bonds. The van der Waals surface area contributed by atoms with Gasteiger partial charge in [0.2, 0.25) is 0 Å². The molecule has 0 aromatic heterocycles. The molecule has 0 aliphatic rings. The number of esters is 4. The number of carbonyl (C=O) groups is 4. The number of phosphoric acid groups is 2. The monoisotopic (exact) mass is 1350 g/mol. The number of unbranched alkanes of at least 4 members (excludes halogenated alkanes) is 42. The lowest BCUT2D eigenvalue weighted by molar-refractivity contribution is -0.161. The Morgan fingerprint density at radius 3 is 0.750 bits per heavy atom. The Labute approximate surface area is 561 Å². The molecule has 3 N–H and O–H groups in total. The number of phosphoric ester groups is 2. The second kappa shape index (κ2) is 67.1. The van der Waals surface area contributed by atoms with Crippen LogP contribution in [0, 0.1) is 0 Å². The fraction of sp³-hybridized carbons (Fsp3) is 0.890. The summed E-state index contributed by atoms with van der Waals surface area (Å²) < 4.78 is 68.3. The highest BCUT2D eigenvalue weighted by Gasteiger charge is 2.30. The Balaban J connectivity index is 5.28. The second-order valence-corrected chi connectivity index (χ2v) is 28.5. The van der Waals surface area contributed by atoms with Crippen molar-refractivity contribution in [3.63, 3.8) is 0 Å². The molecular formula is C73H138O17P2. The Morgan fingerprint density at radius 2 is 0.500 bits per heavy atom. The van der Waals surface area contributed by atoms with Crippen LogP contribution in [-0.4, -0.2) is 96.7 Å². The first-order valence-electron chi connectivity index (χ1n) is 37.6. The Kier molecular flexibility index (Phi) is 65.3. The van der Waals surface area contributed by atoms with E-state index in [9.17, 15) is 43.2 Å². The summed E-state index contributed by atoms with van der Waals surface area (Å²) in [5.41, 5.74) is 0. The molecule has 0 saturated heterocycles. The summed E-state index contributed by atoms with van der Waals surface area (Å²) in [5.74, 6) is -2.15. The predicted octanol–water partition coefficient (Wildman–Crippen LogP) is 21.0. The van der Waals surface area contributed by atoms with E-state index >= 15 is 0 Å². The fourth-order valence-corrected chi connectivity index (χ4v) is 12.2. The van der Waals surface area contributed by atoms with Gasteiger partial charge in [-0.1, -0.05) is 283 Å². The zero-order valence-corrected chi connectivity index (χ0v) is 60.8. The molecule has 0 saturated carbocycles. The topological polar surface area (TPSA) is 237 Å². The Bertz CT molecular complexity index is 1850. The van der Waals surface area contributed by atoms with Gasteiger partial charge in [0.1, 0.15) is 19.3 Å². The number of hydrogen-bond acceptors (Lipinski definition) is 15. The minimum Gasteiger partial charge on any atom is -0.462 e. The van der Waals surface area contributed by atoms with Crippen molar-refractivity contribution in [2.24, 2.45) is 0 Å². The van der Waals surface area contributed by atoms with Gasteiger partial charge in [-0.05, 0) is 77.0 Å². The van der Waals surface area contributed by atoms with Gasteiger partial charge in [0.25, 0.3) is 0 Å². The first-order chi connectivity index (χ1) is 44.7. The normalized spacial score (nSPS) is 14.1. The molecule has 5 unspecified atom stereocenters. The predicted molar refractivity (Wildman–Crippen MR) is 372 cm³/mol. The van der Waals surface area contributed by atoms with Crippen molar-refractivity contribution in [1.82, 2.24) is 0 Å². The molecule has 0 rings (SSSR count). The van der Waals surface area contributed by atoms with Crippen LogP contribution in [0.4, 0.5) is 0 Å². The highest BCUT2D eigenvalue weighted by Crippen LogP contribution is 2.45. The van der Waals surface area contributed by atoms with Crippen LogP contribution < -0.4 is 0 Å². The SMILES string of the molecule is CCCCCCCC/C=C\CCCCCCCC(=O)OCC(COP(=O)(O)OCC(O)COP(=O)(O)OCC(COC(=O)CCCCCCCCCCCCC)OC(=O)CCCCCCCCCCCCC)OC(=O)CCCCCCC/C=C\CCCCCCCC. The van der Waals surface area contributed by atoms with E-state index in [0.29, 0.717) is 25.7 Å². The van der Waals surface area contributed by atoms with Crippen LogP contribution in [0.1, 0.15) is 362 Å². The van der Waals surface area contributed by atoms with Crippen LogP contribution in [0.5, 0.6) is 0 Å². The third kappa shape index (κ3) is 66.2. The van der Waals surface area contributed by atoms with E-state index in [1.54, 1.807) is 0 Å². The molecule has 92 heavy (non-hydrogen) atoms. The molecule has 0 fully saturated rings. The van der Waals surface area contributed by atoms with Gasteiger partial charge >= 0.3 is 39.5 Å². The molecule has 0 radical (unpaired) electrons. The van der Waals surface area contributed by atoms with E-state index in [2.05, 4.69) is 52.0 Å². The van der Waals surface area contributed by atoms with Crippen molar-refractivity contribution in [1.29, 1.82) is 0 Å². The first-order valence-corrected chi connectivity index (χ1v) is 40.6. The van der Waals surface area contributed by atoms with E-state index < -0.39 is 97.5 Å². The molecular weight excluding hydrogens is 1210 g/mol. The molecule has 0 bridgehead atoms. The van der Waals surface area contributed by atoms with Crippen LogP contribution in [0.25, 0.3) is 0 Å². The number of allylic oxidation sites excluding steroid dienone is 4. The molecule has 17 nitrogen and oxygen atoms in total. The van der Waals surface area contributed by atoms with Gasteiger partial charge in [0.05, 0.1) is 26.4 Å². The van der Waals surface area contributed by atoms with Crippen LogP contribution in [0.2, 0.25) is 0 Å². The van der Waals surface area contributed by atoms with Crippen LogP contribution >= 0.6 is 15.6 Å². The van der Waals surface area contributed by atoms with Gasteiger partial charge in [0.15, 0.2) is 12.2 Å². The number of aliphatic hydroxyl groups excluding tert-OH is 1.